The summed E-state index contributed by atoms with van der Waals surface area (Å²) >= 11 is 3.31. The van der Waals surface area contributed by atoms with Gasteiger partial charge in [0.05, 0.1) is 0 Å². The van der Waals surface area contributed by atoms with E-state index < -0.39 is 0 Å². The summed E-state index contributed by atoms with van der Waals surface area (Å²) in [7, 11) is 0. The first-order valence-electron chi connectivity index (χ1n) is 4.21. The second kappa shape index (κ2) is 4.20. The predicted molar refractivity (Wildman–Crippen MR) is 56.2 cm³/mol. The van der Waals surface area contributed by atoms with E-state index in [1.54, 1.807) is 13.0 Å². The van der Waals surface area contributed by atoms with E-state index in [1.165, 1.54) is 0 Å². The molecule has 0 aliphatic carbocycles. The minimum atomic E-state index is -0.176. The Morgan fingerprint density at radius 1 is 1.54 bits per heavy atom. The van der Waals surface area contributed by atoms with E-state index in [-0.39, 0.29) is 11.9 Å². The van der Waals surface area contributed by atoms with Gasteiger partial charge in [0.2, 0.25) is 0 Å². The molecule has 1 atom stereocenters. The molecule has 13 heavy (non-hydrogen) atoms. The van der Waals surface area contributed by atoms with Crippen molar-refractivity contribution < 1.29 is 4.39 Å². The summed E-state index contributed by atoms with van der Waals surface area (Å²) in [5.41, 5.74) is 7.21. The van der Waals surface area contributed by atoms with Crippen molar-refractivity contribution in [2.24, 2.45) is 5.73 Å². The highest BCUT2D eigenvalue weighted by molar-refractivity contribution is 9.10. The van der Waals surface area contributed by atoms with Crippen LogP contribution in [0.2, 0.25) is 0 Å². The Morgan fingerprint density at radius 3 is 2.62 bits per heavy atom. The molecule has 0 heterocycles. The van der Waals surface area contributed by atoms with Gasteiger partial charge in [-0.3, -0.25) is 0 Å². The normalized spacial score (nSPS) is 13.0. The number of hydrogen-bond acceptors (Lipinski definition) is 1. The third-order valence-corrected chi connectivity index (χ3v) is 2.72. The topological polar surface area (TPSA) is 26.0 Å². The molecule has 0 spiro atoms. The van der Waals surface area contributed by atoms with Crippen LogP contribution < -0.4 is 5.73 Å². The number of hydrogen-bond donors (Lipinski definition) is 1. The number of nitrogens with two attached hydrogens (primary N) is 1. The molecule has 72 valence electrons. The van der Waals surface area contributed by atoms with Crippen LogP contribution in [0.3, 0.4) is 0 Å². The Kier molecular flexibility index (Phi) is 3.45. The standard InChI is InChI=1S/C10H13BrFN/c1-6(13)3-8-4-9(11)7(2)10(12)5-8/h4-6H,3,13H2,1-2H3. The smallest absolute Gasteiger partial charge is 0.127 e. The number of benzene rings is 1. The van der Waals surface area contributed by atoms with Crippen LogP contribution >= 0.6 is 15.9 Å². The van der Waals surface area contributed by atoms with Crippen LogP contribution in [-0.2, 0) is 6.42 Å². The molecule has 2 N–H and O–H groups in total. The molecule has 0 radical (unpaired) electrons. The summed E-state index contributed by atoms with van der Waals surface area (Å²) < 4.78 is 14.0. The molecule has 0 amide bonds. The zero-order valence-electron chi connectivity index (χ0n) is 7.77. The molecule has 0 bridgehead atoms. The zero-order valence-corrected chi connectivity index (χ0v) is 9.36. The lowest BCUT2D eigenvalue weighted by Crippen LogP contribution is -2.17. The molecule has 0 aliphatic rings. The van der Waals surface area contributed by atoms with E-state index in [0.717, 1.165) is 10.0 Å². The fourth-order valence-electron chi connectivity index (χ4n) is 1.19. The van der Waals surface area contributed by atoms with Gasteiger partial charge in [-0.2, -0.15) is 0 Å². The van der Waals surface area contributed by atoms with Crippen molar-refractivity contribution in [2.75, 3.05) is 0 Å². The van der Waals surface area contributed by atoms with E-state index in [0.29, 0.717) is 12.0 Å². The lowest BCUT2D eigenvalue weighted by molar-refractivity contribution is 0.612. The molecule has 0 saturated carbocycles. The largest absolute Gasteiger partial charge is 0.328 e. The van der Waals surface area contributed by atoms with Gasteiger partial charge in [-0.1, -0.05) is 15.9 Å². The summed E-state index contributed by atoms with van der Waals surface area (Å²) in [4.78, 5) is 0. The van der Waals surface area contributed by atoms with Crippen molar-refractivity contribution in [3.8, 4) is 0 Å². The molecule has 0 aromatic heterocycles. The van der Waals surface area contributed by atoms with Crippen molar-refractivity contribution >= 4 is 15.9 Å². The van der Waals surface area contributed by atoms with E-state index in [1.807, 2.05) is 13.0 Å². The maximum Gasteiger partial charge on any atom is 0.127 e. The first-order valence-corrected chi connectivity index (χ1v) is 5.00. The van der Waals surface area contributed by atoms with Gasteiger partial charge < -0.3 is 5.73 Å². The van der Waals surface area contributed by atoms with Gasteiger partial charge in [0.15, 0.2) is 0 Å². The molecule has 1 aromatic carbocycles. The monoisotopic (exact) mass is 245 g/mol. The first kappa shape index (κ1) is 10.7. The average Bonchev–Trinajstić information content (AvgIpc) is 1.98. The summed E-state index contributed by atoms with van der Waals surface area (Å²) in [6, 6.07) is 3.53. The first-order chi connectivity index (χ1) is 6.00. The van der Waals surface area contributed by atoms with Gasteiger partial charge in [0.25, 0.3) is 0 Å². The van der Waals surface area contributed by atoms with E-state index >= 15 is 0 Å². The Morgan fingerprint density at radius 2 is 2.15 bits per heavy atom. The van der Waals surface area contributed by atoms with Gasteiger partial charge in [0.1, 0.15) is 5.82 Å². The molecular weight excluding hydrogens is 233 g/mol. The minimum Gasteiger partial charge on any atom is -0.328 e. The predicted octanol–water partition coefficient (Wildman–Crippen LogP) is 2.79. The fourth-order valence-corrected chi connectivity index (χ4v) is 1.67. The van der Waals surface area contributed by atoms with Crippen LogP contribution in [0.1, 0.15) is 18.1 Å². The Hall–Kier alpha value is -0.410. The number of halogens is 2. The fraction of sp³-hybridized carbons (Fsp3) is 0.400. The van der Waals surface area contributed by atoms with E-state index in [2.05, 4.69) is 15.9 Å². The second-order valence-corrected chi connectivity index (χ2v) is 4.22. The van der Waals surface area contributed by atoms with Gasteiger partial charge >= 0.3 is 0 Å². The summed E-state index contributed by atoms with van der Waals surface area (Å²) in [6.45, 7) is 3.65. The Balaban J connectivity index is 2.99. The molecular formula is C10H13BrFN. The highest BCUT2D eigenvalue weighted by Gasteiger charge is 2.06. The third-order valence-electron chi connectivity index (χ3n) is 1.90. The zero-order chi connectivity index (χ0) is 10.0. The lowest BCUT2D eigenvalue weighted by atomic mass is 10.1. The van der Waals surface area contributed by atoms with Crippen LogP contribution in [0.15, 0.2) is 16.6 Å². The molecule has 0 fully saturated rings. The molecule has 1 unspecified atom stereocenters. The van der Waals surface area contributed by atoms with Gasteiger partial charge in [0, 0.05) is 10.5 Å². The Bertz CT molecular complexity index is 287. The van der Waals surface area contributed by atoms with Crippen molar-refractivity contribution in [3.63, 3.8) is 0 Å². The molecule has 1 nitrogen and oxygen atoms in total. The Labute approximate surface area is 86.3 Å². The van der Waals surface area contributed by atoms with Crippen molar-refractivity contribution in [1.82, 2.24) is 0 Å². The molecule has 3 heteroatoms. The average molecular weight is 246 g/mol. The van der Waals surface area contributed by atoms with Crippen LogP contribution in [0.25, 0.3) is 0 Å². The lowest BCUT2D eigenvalue weighted by Gasteiger charge is -2.07. The minimum absolute atomic E-state index is 0.0639. The van der Waals surface area contributed by atoms with E-state index in [4.69, 9.17) is 5.73 Å². The van der Waals surface area contributed by atoms with E-state index in [9.17, 15) is 4.39 Å². The van der Waals surface area contributed by atoms with Gasteiger partial charge in [-0.05, 0) is 43.5 Å². The quantitative estimate of drug-likeness (QED) is 0.853. The maximum atomic E-state index is 13.2. The van der Waals surface area contributed by atoms with Gasteiger partial charge in [-0.25, -0.2) is 4.39 Å². The molecule has 1 aromatic rings. The molecule has 0 aliphatic heterocycles. The molecule has 0 saturated heterocycles. The van der Waals surface area contributed by atoms with Gasteiger partial charge in [-0.15, -0.1) is 0 Å². The SMILES string of the molecule is Cc1c(F)cc(CC(C)N)cc1Br. The van der Waals surface area contributed by atoms with Crippen LogP contribution in [0.4, 0.5) is 4.39 Å². The van der Waals surface area contributed by atoms with Crippen molar-refractivity contribution in [2.45, 2.75) is 26.3 Å². The van der Waals surface area contributed by atoms with Crippen molar-refractivity contribution in [3.05, 3.63) is 33.5 Å². The number of rotatable bonds is 2. The van der Waals surface area contributed by atoms with Crippen LogP contribution in [0, 0.1) is 12.7 Å². The van der Waals surface area contributed by atoms with Crippen LogP contribution in [0.5, 0.6) is 0 Å². The third kappa shape index (κ3) is 2.78. The van der Waals surface area contributed by atoms with Crippen LogP contribution in [-0.4, -0.2) is 6.04 Å². The van der Waals surface area contributed by atoms with Crippen molar-refractivity contribution in [1.29, 1.82) is 0 Å². The summed E-state index contributed by atoms with van der Waals surface area (Å²) in [5, 5.41) is 0. The molecule has 1 rings (SSSR count). The summed E-state index contributed by atoms with van der Waals surface area (Å²) in [6.07, 6.45) is 0.704. The maximum absolute atomic E-state index is 13.2. The highest BCUT2D eigenvalue weighted by atomic mass is 79.9. The second-order valence-electron chi connectivity index (χ2n) is 3.37. The highest BCUT2D eigenvalue weighted by Crippen LogP contribution is 2.21. The summed E-state index contributed by atoms with van der Waals surface area (Å²) in [5.74, 6) is -0.176.